The number of guanidine groups is 1. The molecule has 1 rings (SSSR count). The van der Waals surface area contributed by atoms with Gasteiger partial charge in [0.05, 0.1) is 13.3 Å². The standard InChI is InChI=1S/C9H10BrClN4O2/c1-17-5-2-4(3-14-15-9(12)13)6(10)7(11)8(5)16/h2-3,16H,1H3,(H4,12,13,15). The van der Waals surface area contributed by atoms with Gasteiger partial charge in [0, 0.05) is 10.0 Å². The normalized spacial score (nSPS) is 10.5. The smallest absolute Gasteiger partial charge is 0.211 e. The van der Waals surface area contributed by atoms with Crippen LogP contribution in [-0.2, 0) is 0 Å². The first-order valence-corrected chi connectivity index (χ1v) is 5.51. The number of nitrogens with two attached hydrogens (primary N) is 2. The molecule has 92 valence electrons. The second-order valence-corrected chi connectivity index (χ2v) is 4.09. The minimum absolute atomic E-state index is 0.121. The van der Waals surface area contributed by atoms with Crippen molar-refractivity contribution in [2.75, 3.05) is 7.11 Å². The molecule has 0 spiro atoms. The highest BCUT2D eigenvalue weighted by molar-refractivity contribution is 9.10. The molecule has 0 aliphatic carbocycles. The Labute approximate surface area is 111 Å². The van der Waals surface area contributed by atoms with E-state index in [4.69, 9.17) is 27.8 Å². The van der Waals surface area contributed by atoms with Crippen molar-refractivity contribution in [3.05, 3.63) is 21.1 Å². The second kappa shape index (κ2) is 5.74. The van der Waals surface area contributed by atoms with Crippen LogP contribution >= 0.6 is 27.5 Å². The van der Waals surface area contributed by atoms with Gasteiger partial charge in [-0.25, -0.2) is 0 Å². The largest absolute Gasteiger partial charge is 0.503 e. The van der Waals surface area contributed by atoms with Crippen molar-refractivity contribution in [1.29, 1.82) is 0 Å². The van der Waals surface area contributed by atoms with Crippen LogP contribution in [0.2, 0.25) is 5.02 Å². The molecule has 1 aromatic carbocycles. The van der Waals surface area contributed by atoms with Crippen LogP contribution in [0, 0.1) is 0 Å². The van der Waals surface area contributed by atoms with Crippen LogP contribution in [0.1, 0.15) is 5.56 Å². The summed E-state index contributed by atoms with van der Waals surface area (Å²) in [6.07, 6.45) is 1.37. The number of benzene rings is 1. The van der Waals surface area contributed by atoms with E-state index in [1.807, 2.05) is 0 Å². The number of phenols is 1. The third kappa shape index (κ3) is 3.24. The molecular weight excluding hydrogens is 311 g/mol. The van der Waals surface area contributed by atoms with Crippen LogP contribution in [0.3, 0.4) is 0 Å². The zero-order valence-electron chi connectivity index (χ0n) is 8.82. The fraction of sp³-hybridized carbons (Fsp3) is 0.111. The fourth-order valence-corrected chi connectivity index (χ4v) is 1.63. The molecule has 17 heavy (non-hydrogen) atoms. The maximum atomic E-state index is 9.62. The van der Waals surface area contributed by atoms with Gasteiger partial charge in [-0.3, -0.25) is 0 Å². The highest BCUT2D eigenvalue weighted by Gasteiger charge is 2.13. The SMILES string of the molecule is COc1cc(C=NN=C(N)N)c(Br)c(Cl)c1O. The maximum Gasteiger partial charge on any atom is 0.211 e. The Balaban J connectivity index is 3.21. The van der Waals surface area contributed by atoms with E-state index in [1.54, 1.807) is 0 Å². The fourth-order valence-electron chi connectivity index (χ4n) is 1.02. The van der Waals surface area contributed by atoms with E-state index in [9.17, 15) is 5.11 Å². The minimum atomic E-state index is -0.158. The summed E-state index contributed by atoms with van der Waals surface area (Å²) in [5.41, 5.74) is 10.8. The van der Waals surface area contributed by atoms with Gasteiger partial charge in [0.15, 0.2) is 11.5 Å². The molecule has 0 heterocycles. The molecule has 0 saturated heterocycles. The van der Waals surface area contributed by atoms with Gasteiger partial charge < -0.3 is 21.3 Å². The maximum absolute atomic E-state index is 9.62. The summed E-state index contributed by atoms with van der Waals surface area (Å²) in [6.45, 7) is 0. The Morgan fingerprint density at radius 1 is 1.59 bits per heavy atom. The second-order valence-electron chi connectivity index (χ2n) is 2.91. The number of ether oxygens (including phenoxy) is 1. The van der Waals surface area contributed by atoms with Crippen LogP contribution < -0.4 is 16.2 Å². The summed E-state index contributed by atoms with van der Waals surface area (Å²) in [4.78, 5) is 0. The lowest BCUT2D eigenvalue weighted by atomic mass is 10.2. The molecular formula is C9H10BrClN4O2. The van der Waals surface area contributed by atoms with E-state index in [1.165, 1.54) is 19.4 Å². The molecule has 0 radical (unpaired) electrons. The average molecular weight is 322 g/mol. The van der Waals surface area contributed by atoms with Crippen LogP contribution in [-0.4, -0.2) is 24.4 Å². The van der Waals surface area contributed by atoms with Gasteiger partial charge in [-0.05, 0) is 22.0 Å². The molecule has 8 heteroatoms. The van der Waals surface area contributed by atoms with Crippen molar-refractivity contribution < 1.29 is 9.84 Å². The van der Waals surface area contributed by atoms with E-state index in [0.29, 0.717) is 10.0 Å². The molecule has 0 aromatic heterocycles. The molecule has 6 nitrogen and oxygen atoms in total. The molecule has 0 amide bonds. The predicted molar refractivity (Wildman–Crippen MR) is 70.8 cm³/mol. The number of hydrogen-bond donors (Lipinski definition) is 3. The molecule has 0 atom stereocenters. The first-order chi connectivity index (χ1) is 7.97. The van der Waals surface area contributed by atoms with Crippen molar-refractivity contribution in [2.24, 2.45) is 21.7 Å². The quantitative estimate of drug-likeness (QED) is 0.444. The summed E-state index contributed by atoms with van der Waals surface area (Å²) in [6, 6.07) is 1.54. The van der Waals surface area contributed by atoms with Gasteiger partial charge in [0.2, 0.25) is 5.96 Å². The average Bonchev–Trinajstić information content (AvgIpc) is 2.29. The Kier molecular flexibility index (Phi) is 4.59. The number of phenolic OH excluding ortho intramolecular Hbond substituents is 1. The van der Waals surface area contributed by atoms with Crippen molar-refractivity contribution in [1.82, 2.24) is 0 Å². The zero-order chi connectivity index (χ0) is 13.0. The summed E-state index contributed by atoms with van der Waals surface area (Å²) in [7, 11) is 1.41. The van der Waals surface area contributed by atoms with Crippen LogP contribution in [0.5, 0.6) is 11.5 Å². The lowest BCUT2D eigenvalue weighted by Crippen LogP contribution is -2.21. The van der Waals surface area contributed by atoms with Crippen molar-refractivity contribution in [2.45, 2.75) is 0 Å². The van der Waals surface area contributed by atoms with Gasteiger partial charge >= 0.3 is 0 Å². The molecule has 5 N–H and O–H groups in total. The summed E-state index contributed by atoms with van der Waals surface area (Å²) < 4.78 is 5.41. The molecule has 0 fully saturated rings. The first-order valence-electron chi connectivity index (χ1n) is 4.34. The number of halogens is 2. The number of aromatic hydroxyl groups is 1. The van der Waals surface area contributed by atoms with E-state index >= 15 is 0 Å². The van der Waals surface area contributed by atoms with Crippen molar-refractivity contribution in [3.63, 3.8) is 0 Å². The van der Waals surface area contributed by atoms with E-state index in [0.717, 1.165) is 0 Å². The predicted octanol–water partition coefficient (Wildman–Crippen LogP) is 1.42. The van der Waals surface area contributed by atoms with E-state index in [-0.39, 0.29) is 22.5 Å². The Bertz CT molecular complexity index is 486. The third-order valence-electron chi connectivity index (χ3n) is 1.76. The number of rotatable bonds is 3. The minimum Gasteiger partial charge on any atom is -0.503 e. The molecule has 0 saturated carbocycles. The van der Waals surface area contributed by atoms with E-state index < -0.39 is 0 Å². The van der Waals surface area contributed by atoms with Gasteiger partial charge in [-0.15, -0.1) is 5.10 Å². The van der Waals surface area contributed by atoms with Gasteiger partial charge in [-0.2, -0.15) is 5.10 Å². The molecule has 0 unspecified atom stereocenters. The van der Waals surface area contributed by atoms with Gasteiger partial charge in [0.1, 0.15) is 5.02 Å². The number of nitrogens with zero attached hydrogens (tertiary/aromatic N) is 2. The number of methoxy groups -OCH3 is 1. The van der Waals surface area contributed by atoms with Crippen molar-refractivity contribution >= 4 is 39.7 Å². The molecule has 1 aromatic rings. The monoisotopic (exact) mass is 320 g/mol. The Hall–Kier alpha value is -1.47. The van der Waals surface area contributed by atoms with Crippen LogP contribution in [0.4, 0.5) is 0 Å². The van der Waals surface area contributed by atoms with Crippen molar-refractivity contribution in [3.8, 4) is 11.5 Å². The topological polar surface area (TPSA) is 106 Å². The van der Waals surface area contributed by atoms with Crippen LogP contribution in [0.25, 0.3) is 0 Å². The summed E-state index contributed by atoms with van der Waals surface area (Å²) in [5, 5.41) is 16.8. The third-order valence-corrected chi connectivity index (χ3v) is 3.21. The zero-order valence-corrected chi connectivity index (χ0v) is 11.2. The Morgan fingerprint density at radius 3 is 2.76 bits per heavy atom. The highest BCUT2D eigenvalue weighted by atomic mass is 79.9. The lowest BCUT2D eigenvalue weighted by molar-refractivity contribution is 0.373. The first kappa shape index (κ1) is 13.6. The van der Waals surface area contributed by atoms with E-state index in [2.05, 4.69) is 26.1 Å². The van der Waals surface area contributed by atoms with Crippen LogP contribution in [0.15, 0.2) is 20.7 Å². The summed E-state index contributed by atoms with van der Waals surface area (Å²) in [5.74, 6) is -0.0846. The highest BCUT2D eigenvalue weighted by Crippen LogP contribution is 2.40. The van der Waals surface area contributed by atoms with Gasteiger partial charge in [0.25, 0.3) is 0 Å². The molecule has 0 bridgehead atoms. The Morgan fingerprint density at radius 2 is 2.24 bits per heavy atom. The lowest BCUT2D eigenvalue weighted by Gasteiger charge is -2.08. The summed E-state index contributed by atoms with van der Waals surface area (Å²) >= 11 is 9.10. The molecule has 0 aliphatic heterocycles. The molecule has 0 aliphatic rings. The number of hydrogen-bond acceptors (Lipinski definition) is 4. The van der Waals surface area contributed by atoms with Gasteiger partial charge in [-0.1, -0.05) is 11.6 Å².